The van der Waals surface area contributed by atoms with Gasteiger partial charge in [-0.15, -0.1) is 0 Å². The average molecular weight is 398 g/mol. The molecule has 0 amide bonds. The van der Waals surface area contributed by atoms with E-state index in [1.165, 1.54) is 0 Å². The summed E-state index contributed by atoms with van der Waals surface area (Å²) in [6.07, 6.45) is 0.492. The minimum Gasteiger partial charge on any atom is -0.464 e. The largest absolute Gasteiger partial charge is 0.523 e. The van der Waals surface area contributed by atoms with Crippen LogP contribution in [0, 0.1) is 0 Å². The number of rotatable bonds is 10. The van der Waals surface area contributed by atoms with Crippen LogP contribution in [0.15, 0.2) is 30.3 Å². The molecule has 1 aromatic rings. The smallest absolute Gasteiger partial charge is 0.464 e. The summed E-state index contributed by atoms with van der Waals surface area (Å²) in [5, 5.41) is 10.7. The van der Waals surface area contributed by atoms with Gasteiger partial charge < -0.3 is 9.84 Å². The summed E-state index contributed by atoms with van der Waals surface area (Å²) in [6.45, 7) is 1.05. The Morgan fingerprint density at radius 2 is 1.73 bits per heavy atom. The van der Waals surface area contributed by atoms with E-state index in [4.69, 9.17) is 4.74 Å². The SMILES string of the molecule is CCOC(=O)[C@@](O)(CCCCCOS(=O)(=O)C(F)(F)F)c1ccccc1. The highest BCUT2D eigenvalue weighted by atomic mass is 32.2. The van der Waals surface area contributed by atoms with Gasteiger partial charge in [0.2, 0.25) is 0 Å². The predicted molar refractivity (Wildman–Crippen MR) is 86.4 cm³/mol. The molecular formula is C16H21F3O6S. The minimum absolute atomic E-state index is 0.0169. The van der Waals surface area contributed by atoms with Gasteiger partial charge >= 0.3 is 21.6 Å². The first kappa shape index (κ1) is 22.4. The number of alkyl halides is 3. The molecule has 1 atom stereocenters. The van der Waals surface area contributed by atoms with Gasteiger partial charge in [-0.25, -0.2) is 4.79 Å². The van der Waals surface area contributed by atoms with E-state index in [9.17, 15) is 31.5 Å². The van der Waals surface area contributed by atoms with Gasteiger partial charge in [0.15, 0.2) is 5.60 Å². The Morgan fingerprint density at radius 3 is 2.27 bits per heavy atom. The van der Waals surface area contributed by atoms with Crippen LogP contribution in [0.5, 0.6) is 0 Å². The average Bonchev–Trinajstić information content (AvgIpc) is 2.57. The van der Waals surface area contributed by atoms with Gasteiger partial charge in [0.05, 0.1) is 13.2 Å². The number of carbonyl (C=O) groups excluding carboxylic acids is 1. The lowest BCUT2D eigenvalue weighted by atomic mass is 9.88. The summed E-state index contributed by atoms with van der Waals surface area (Å²) < 4.78 is 66.6. The molecule has 0 heterocycles. The van der Waals surface area contributed by atoms with Crippen molar-refractivity contribution in [3.63, 3.8) is 0 Å². The first-order chi connectivity index (χ1) is 12.0. The zero-order chi connectivity index (χ0) is 19.8. The van der Waals surface area contributed by atoms with E-state index in [0.717, 1.165) is 0 Å². The highest BCUT2D eigenvalue weighted by Gasteiger charge is 2.47. The van der Waals surface area contributed by atoms with Crippen LogP contribution < -0.4 is 0 Å². The molecule has 1 N–H and O–H groups in total. The number of benzene rings is 1. The highest BCUT2D eigenvalue weighted by molar-refractivity contribution is 7.87. The van der Waals surface area contributed by atoms with Gasteiger partial charge in [-0.05, 0) is 31.7 Å². The molecule has 148 valence electrons. The molecule has 0 radical (unpaired) electrons. The van der Waals surface area contributed by atoms with Crippen molar-refractivity contribution in [1.29, 1.82) is 0 Å². The molecule has 0 fully saturated rings. The van der Waals surface area contributed by atoms with Gasteiger partial charge in [-0.1, -0.05) is 36.8 Å². The second-order valence-electron chi connectivity index (χ2n) is 5.48. The van der Waals surface area contributed by atoms with Crippen molar-refractivity contribution in [2.75, 3.05) is 13.2 Å². The van der Waals surface area contributed by atoms with E-state index in [0.29, 0.717) is 5.56 Å². The van der Waals surface area contributed by atoms with Gasteiger partial charge in [0.25, 0.3) is 0 Å². The molecule has 1 aromatic carbocycles. The number of esters is 1. The number of unbranched alkanes of at least 4 members (excludes halogenated alkanes) is 2. The Labute approximate surface area is 150 Å². The van der Waals surface area contributed by atoms with E-state index in [1.807, 2.05) is 0 Å². The van der Waals surface area contributed by atoms with Crippen LogP contribution in [0.2, 0.25) is 0 Å². The van der Waals surface area contributed by atoms with Crippen LogP contribution in [0.4, 0.5) is 13.2 Å². The van der Waals surface area contributed by atoms with Gasteiger partial charge in [0, 0.05) is 0 Å². The second kappa shape index (κ2) is 9.33. The fourth-order valence-corrected chi connectivity index (χ4v) is 2.69. The van der Waals surface area contributed by atoms with Crippen LogP contribution in [0.25, 0.3) is 0 Å². The fraction of sp³-hybridized carbons (Fsp3) is 0.562. The van der Waals surface area contributed by atoms with Gasteiger partial charge in [0.1, 0.15) is 0 Å². The summed E-state index contributed by atoms with van der Waals surface area (Å²) in [6, 6.07) is 8.14. The molecular weight excluding hydrogens is 377 g/mol. The summed E-state index contributed by atoms with van der Waals surface area (Å²) in [5.74, 6) is -0.818. The molecule has 0 bridgehead atoms. The molecule has 0 aliphatic heterocycles. The van der Waals surface area contributed by atoms with Crippen molar-refractivity contribution in [3.05, 3.63) is 35.9 Å². The number of halogens is 3. The topological polar surface area (TPSA) is 89.9 Å². The van der Waals surface area contributed by atoms with Crippen LogP contribution in [0.3, 0.4) is 0 Å². The van der Waals surface area contributed by atoms with E-state index in [1.54, 1.807) is 37.3 Å². The van der Waals surface area contributed by atoms with Gasteiger partial charge in [-0.3, -0.25) is 4.18 Å². The van der Waals surface area contributed by atoms with Crippen molar-refractivity contribution >= 4 is 16.1 Å². The first-order valence-electron chi connectivity index (χ1n) is 7.95. The summed E-state index contributed by atoms with van der Waals surface area (Å²) in [5.41, 5.74) is -6.99. The minimum atomic E-state index is -5.60. The monoisotopic (exact) mass is 398 g/mol. The number of hydrogen-bond acceptors (Lipinski definition) is 6. The third-order valence-electron chi connectivity index (χ3n) is 3.57. The second-order valence-corrected chi connectivity index (χ2v) is 7.09. The van der Waals surface area contributed by atoms with E-state index < -0.39 is 33.8 Å². The molecule has 26 heavy (non-hydrogen) atoms. The van der Waals surface area contributed by atoms with Crippen molar-refractivity contribution in [3.8, 4) is 0 Å². The van der Waals surface area contributed by atoms with E-state index >= 15 is 0 Å². The van der Waals surface area contributed by atoms with Crippen molar-refractivity contribution in [1.82, 2.24) is 0 Å². The normalized spacial score (nSPS) is 14.7. The molecule has 0 saturated heterocycles. The Kier molecular flexibility index (Phi) is 8.04. The highest BCUT2D eigenvalue weighted by Crippen LogP contribution is 2.29. The van der Waals surface area contributed by atoms with Crippen LogP contribution in [-0.2, 0) is 29.4 Å². The summed E-state index contributed by atoms with van der Waals surface area (Å²) >= 11 is 0. The molecule has 0 saturated carbocycles. The fourth-order valence-electron chi connectivity index (χ4n) is 2.22. The zero-order valence-corrected chi connectivity index (χ0v) is 15.0. The number of aliphatic hydroxyl groups is 1. The molecule has 0 aromatic heterocycles. The standard InChI is InChI=1S/C16H21F3O6S/c1-2-24-14(20)15(21,13-9-5-3-6-10-13)11-7-4-8-12-25-26(22,23)16(17,18)19/h3,5-6,9-10,21H,2,4,7-8,11-12H2,1H3/t15-/m1/s1. The van der Waals surface area contributed by atoms with Crippen molar-refractivity contribution in [2.24, 2.45) is 0 Å². The Bertz CT molecular complexity index is 675. The maximum absolute atomic E-state index is 12.1. The number of carbonyl (C=O) groups is 1. The lowest BCUT2D eigenvalue weighted by Crippen LogP contribution is -2.37. The zero-order valence-electron chi connectivity index (χ0n) is 14.2. The molecule has 0 aliphatic carbocycles. The molecule has 1 rings (SSSR count). The molecule has 0 spiro atoms. The van der Waals surface area contributed by atoms with E-state index in [2.05, 4.69) is 4.18 Å². The van der Waals surface area contributed by atoms with Crippen LogP contribution in [0.1, 0.15) is 38.2 Å². The van der Waals surface area contributed by atoms with E-state index in [-0.39, 0.29) is 32.3 Å². The quantitative estimate of drug-likeness (QED) is 0.282. The summed E-state index contributed by atoms with van der Waals surface area (Å²) in [4.78, 5) is 12.1. The van der Waals surface area contributed by atoms with Crippen LogP contribution in [-0.4, -0.2) is 38.2 Å². The lowest BCUT2D eigenvalue weighted by molar-refractivity contribution is -0.167. The molecule has 10 heteroatoms. The maximum atomic E-state index is 12.1. The molecule has 6 nitrogen and oxygen atoms in total. The predicted octanol–water partition coefficient (Wildman–Crippen LogP) is 2.86. The molecule has 0 aliphatic rings. The van der Waals surface area contributed by atoms with Crippen molar-refractivity contribution in [2.45, 2.75) is 43.7 Å². The Morgan fingerprint density at radius 1 is 1.12 bits per heavy atom. The molecule has 0 unspecified atom stereocenters. The van der Waals surface area contributed by atoms with Crippen molar-refractivity contribution < 1.29 is 40.4 Å². The third-order valence-corrected chi connectivity index (χ3v) is 4.61. The van der Waals surface area contributed by atoms with Gasteiger partial charge in [-0.2, -0.15) is 21.6 Å². The first-order valence-corrected chi connectivity index (χ1v) is 9.36. The Hall–Kier alpha value is -1.65. The number of ether oxygens (including phenoxy) is 1. The third kappa shape index (κ3) is 5.96. The summed E-state index contributed by atoms with van der Waals surface area (Å²) in [7, 11) is -5.60. The lowest BCUT2D eigenvalue weighted by Gasteiger charge is -2.26. The maximum Gasteiger partial charge on any atom is 0.523 e. The Balaban J connectivity index is 2.57. The van der Waals surface area contributed by atoms with Crippen LogP contribution >= 0.6 is 0 Å². The number of hydrogen-bond donors (Lipinski definition) is 1.